The molecule has 0 fully saturated rings. The Morgan fingerprint density at radius 3 is 2.80 bits per heavy atom. The lowest BCUT2D eigenvalue weighted by atomic mass is 10.2. The van der Waals surface area contributed by atoms with Gasteiger partial charge in [-0.15, -0.1) is 0 Å². The van der Waals surface area contributed by atoms with Crippen LogP contribution in [0.5, 0.6) is 0 Å². The fraction of sp³-hybridized carbons (Fsp3) is 0.818. The van der Waals surface area contributed by atoms with E-state index in [1.165, 1.54) is 0 Å². The summed E-state index contributed by atoms with van der Waals surface area (Å²) < 4.78 is 5.14. The molecule has 0 heterocycles. The van der Waals surface area contributed by atoms with Gasteiger partial charge in [-0.3, -0.25) is 4.79 Å². The van der Waals surface area contributed by atoms with Crippen LogP contribution >= 0.6 is 0 Å². The van der Waals surface area contributed by atoms with Gasteiger partial charge in [0.05, 0.1) is 12.0 Å². The molecular formula is C11H20N2O2. The molecule has 0 aromatic carbocycles. The van der Waals surface area contributed by atoms with E-state index in [9.17, 15) is 4.79 Å². The van der Waals surface area contributed by atoms with Gasteiger partial charge in [-0.05, 0) is 20.3 Å². The summed E-state index contributed by atoms with van der Waals surface area (Å²) in [6.45, 7) is 5.57. The van der Waals surface area contributed by atoms with E-state index in [4.69, 9.17) is 10.00 Å². The van der Waals surface area contributed by atoms with Crippen molar-refractivity contribution in [2.75, 3.05) is 26.8 Å². The van der Waals surface area contributed by atoms with Crippen molar-refractivity contribution in [1.29, 1.82) is 5.26 Å². The maximum atomic E-state index is 11.5. The number of nitriles is 1. The van der Waals surface area contributed by atoms with Crippen molar-refractivity contribution in [3.63, 3.8) is 0 Å². The predicted octanol–water partition coefficient (Wildman–Crippen LogP) is 1.42. The Bertz CT molecular complexity index is 223. The van der Waals surface area contributed by atoms with Crippen LogP contribution in [-0.2, 0) is 9.53 Å². The van der Waals surface area contributed by atoms with Crippen LogP contribution in [0.15, 0.2) is 0 Å². The molecule has 86 valence electrons. The monoisotopic (exact) mass is 212 g/mol. The molecule has 0 spiro atoms. The quantitative estimate of drug-likeness (QED) is 0.600. The number of rotatable bonds is 7. The van der Waals surface area contributed by atoms with E-state index >= 15 is 0 Å². The number of amides is 1. The molecule has 0 aliphatic rings. The Balaban J connectivity index is 3.66. The van der Waals surface area contributed by atoms with Gasteiger partial charge in [0, 0.05) is 33.2 Å². The number of ether oxygens (including phenoxy) is 1. The first-order chi connectivity index (χ1) is 7.11. The number of hydrogen-bond donors (Lipinski definition) is 0. The molecule has 0 bridgehead atoms. The fourth-order valence-electron chi connectivity index (χ4n) is 1.21. The molecule has 0 radical (unpaired) electrons. The molecule has 4 nitrogen and oxygen atoms in total. The Kier molecular flexibility index (Phi) is 7.65. The molecule has 15 heavy (non-hydrogen) atoms. The average molecular weight is 212 g/mol. The van der Waals surface area contributed by atoms with E-state index in [0.717, 1.165) is 6.42 Å². The lowest BCUT2D eigenvalue weighted by molar-refractivity contribution is -0.130. The topological polar surface area (TPSA) is 53.3 Å². The van der Waals surface area contributed by atoms with Crippen molar-refractivity contribution >= 4 is 5.91 Å². The van der Waals surface area contributed by atoms with Crippen molar-refractivity contribution < 1.29 is 9.53 Å². The Morgan fingerprint density at radius 1 is 1.60 bits per heavy atom. The Hall–Kier alpha value is -1.08. The molecule has 4 heteroatoms. The maximum absolute atomic E-state index is 11.5. The Morgan fingerprint density at radius 2 is 2.27 bits per heavy atom. The van der Waals surface area contributed by atoms with Gasteiger partial charge in [0.1, 0.15) is 0 Å². The van der Waals surface area contributed by atoms with Gasteiger partial charge in [0.2, 0.25) is 5.91 Å². The van der Waals surface area contributed by atoms with Crippen LogP contribution in [0.25, 0.3) is 0 Å². The molecule has 1 unspecified atom stereocenters. The summed E-state index contributed by atoms with van der Waals surface area (Å²) in [4.78, 5) is 13.1. The standard InChI is InChI=1S/C11H20N2O2/c1-4-15-7-5-6-11(14)13(3)9-10(2)8-12/h10H,4-7,9H2,1-3H3. The number of carbonyl (C=O) groups is 1. The zero-order valence-electron chi connectivity index (χ0n) is 9.82. The fourth-order valence-corrected chi connectivity index (χ4v) is 1.21. The van der Waals surface area contributed by atoms with Crippen molar-refractivity contribution in [2.45, 2.75) is 26.7 Å². The van der Waals surface area contributed by atoms with E-state index in [-0.39, 0.29) is 11.8 Å². The van der Waals surface area contributed by atoms with E-state index in [1.807, 2.05) is 13.8 Å². The van der Waals surface area contributed by atoms with E-state index in [0.29, 0.717) is 26.2 Å². The summed E-state index contributed by atoms with van der Waals surface area (Å²) in [5.74, 6) is -0.0253. The van der Waals surface area contributed by atoms with Crippen LogP contribution in [0.4, 0.5) is 0 Å². The molecule has 1 amide bonds. The third-order valence-corrected chi connectivity index (χ3v) is 2.08. The zero-order valence-corrected chi connectivity index (χ0v) is 9.82. The molecule has 0 aliphatic carbocycles. The van der Waals surface area contributed by atoms with Crippen molar-refractivity contribution in [1.82, 2.24) is 4.90 Å². The van der Waals surface area contributed by atoms with Crippen molar-refractivity contribution in [2.24, 2.45) is 5.92 Å². The molecule has 0 N–H and O–H groups in total. The third kappa shape index (κ3) is 6.92. The first kappa shape index (κ1) is 13.9. The van der Waals surface area contributed by atoms with Gasteiger partial charge in [0.15, 0.2) is 0 Å². The minimum atomic E-state index is -0.106. The minimum Gasteiger partial charge on any atom is -0.382 e. The summed E-state index contributed by atoms with van der Waals surface area (Å²) in [7, 11) is 1.73. The third-order valence-electron chi connectivity index (χ3n) is 2.08. The van der Waals surface area contributed by atoms with Gasteiger partial charge in [-0.1, -0.05) is 0 Å². The molecular weight excluding hydrogens is 192 g/mol. The molecule has 0 saturated heterocycles. The summed E-state index contributed by atoms with van der Waals surface area (Å²) in [5.41, 5.74) is 0. The van der Waals surface area contributed by atoms with Crippen molar-refractivity contribution in [3.8, 4) is 6.07 Å². The average Bonchev–Trinajstić information content (AvgIpc) is 2.23. The van der Waals surface area contributed by atoms with Crippen LogP contribution < -0.4 is 0 Å². The molecule has 0 aromatic heterocycles. The molecule has 0 aromatic rings. The van der Waals surface area contributed by atoms with E-state index < -0.39 is 0 Å². The molecule has 0 aliphatic heterocycles. The number of hydrogen-bond acceptors (Lipinski definition) is 3. The SMILES string of the molecule is CCOCCCC(=O)N(C)CC(C)C#N. The largest absolute Gasteiger partial charge is 0.382 e. The second kappa shape index (κ2) is 8.25. The first-order valence-corrected chi connectivity index (χ1v) is 5.33. The van der Waals surface area contributed by atoms with Crippen LogP contribution in [0, 0.1) is 17.2 Å². The van der Waals surface area contributed by atoms with Crippen LogP contribution in [0.1, 0.15) is 26.7 Å². The van der Waals surface area contributed by atoms with Gasteiger partial charge < -0.3 is 9.64 Å². The highest BCUT2D eigenvalue weighted by Crippen LogP contribution is 2.00. The molecule has 0 rings (SSSR count). The summed E-state index contributed by atoms with van der Waals surface area (Å²) in [5, 5.41) is 8.60. The van der Waals surface area contributed by atoms with Crippen molar-refractivity contribution in [3.05, 3.63) is 0 Å². The highest BCUT2D eigenvalue weighted by atomic mass is 16.5. The number of carbonyl (C=O) groups excluding carboxylic acids is 1. The van der Waals surface area contributed by atoms with Gasteiger partial charge in [0.25, 0.3) is 0 Å². The Labute approximate surface area is 91.8 Å². The summed E-state index contributed by atoms with van der Waals surface area (Å²) in [6.07, 6.45) is 1.24. The molecule has 0 saturated carbocycles. The molecule has 1 atom stereocenters. The smallest absolute Gasteiger partial charge is 0.222 e. The number of nitrogens with zero attached hydrogens (tertiary/aromatic N) is 2. The van der Waals surface area contributed by atoms with Gasteiger partial charge >= 0.3 is 0 Å². The highest BCUT2D eigenvalue weighted by Gasteiger charge is 2.11. The summed E-state index contributed by atoms with van der Waals surface area (Å²) in [6, 6.07) is 2.11. The van der Waals surface area contributed by atoms with Gasteiger partial charge in [-0.2, -0.15) is 5.26 Å². The maximum Gasteiger partial charge on any atom is 0.222 e. The minimum absolute atomic E-state index is 0.0804. The highest BCUT2D eigenvalue weighted by molar-refractivity contribution is 5.75. The second-order valence-electron chi connectivity index (χ2n) is 3.60. The normalized spacial score (nSPS) is 11.9. The van der Waals surface area contributed by atoms with Crippen LogP contribution in [0.2, 0.25) is 0 Å². The van der Waals surface area contributed by atoms with E-state index in [2.05, 4.69) is 6.07 Å². The van der Waals surface area contributed by atoms with Crippen LogP contribution in [-0.4, -0.2) is 37.6 Å². The van der Waals surface area contributed by atoms with E-state index in [1.54, 1.807) is 11.9 Å². The predicted molar refractivity (Wildman–Crippen MR) is 58.1 cm³/mol. The first-order valence-electron chi connectivity index (χ1n) is 5.33. The zero-order chi connectivity index (χ0) is 11.7. The lowest BCUT2D eigenvalue weighted by Gasteiger charge is -2.18. The van der Waals surface area contributed by atoms with Crippen LogP contribution in [0.3, 0.4) is 0 Å². The second-order valence-corrected chi connectivity index (χ2v) is 3.60. The lowest BCUT2D eigenvalue weighted by Crippen LogP contribution is -2.30. The summed E-state index contributed by atoms with van der Waals surface area (Å²) >= 11 is 0. The van der Waals surface area contributed by atoms with Gasteiger partial charge in [-0.25, -0.2) is 0 Å².